The number of aromatic carboxylic acids is 1. The normalized spacial score (nSPS) is 11.2. The van der Waals surface area contributed by atoms with Gasteiger partial charge in [0.25, 0.3) is 5.91 Å². The monoisotopic (exact) mass is 382 g/mol. The predicted molar refractivity (Wildman–Crippen MR) is 97.0 cm³/mol. The van der Waals surface area contributed by atoms with Gasteiger partial charge in [-0.1, -0.05) is 6.07 Å². The lowest BCUT2D eigenvalue weighted by atomic mass is 10.2. The number of aryl methyl sites for hydroxylation is 1. The fourth-order valence-corrected chi connectivity index (χ4v) is 2.80. The van der Waals surface area contributed by atoms with E-state index >= 15 is 0 Å². The van der Waals surface area contributed by atoms with Gasteiger partial charge in [-0.05, 0) is 17.7 Å². The molecule has 0 unspecified atom stereocenters. The van der Waals surface area contributed by atoms with Crippen LogP contribution in [-0.4, -0.2) is 36.1 Å². The summed E-state index contributed by atoms with van der Waals surface area (Å²) in [7, 11) is 1.58. The lowest BCUT2D eigenvalue weighted by Gasteiger charge is -2.07. The van der Waals surface area contributed by atoms with Crippen molar-refractivity contribution >= 4 is 34.3 Å². The summed E-state index contributed by atoms with van der Waals surface area (Å²) in [6, 6.07) is 6.19. The number of anilines is 1. The van der Waals surface area contributed by atoms with Gasteiger partial charge in [0, 0.05) is 19.7 Å². The molecule has 0 aliphatic heterocycles. The van der Waals surface area contributed by atoms with Crippen LogP contribution in [-0.2, 0) is 13.6 Å². The molecule has 4 rings (SSSR count). The number of oxazole rings is 1. The highest BCUT2D eigenvalue weighted by molar-refractivity contribution is 5.96. The van der Waals surface area contributed by atoms with Crippen molar-refractivity contribution in [2.75, 3.05) is 5.73 Å². The third kappa shape index (κ3) is 2.74. The first-order chi connectivity index (χ1) is 13.3. The molecule has 3 heterocycles. The smallest absolute Gasteiger partial charge is 0.419 e. The lowest BCUT2D eigenvalue weighted by Crippen LogP contribution is -2.25. The maximum absolute atomic E-state index is 12.5. The number of carbonyl (C=O) groups is 2. The van der Waals surface area contributed by atoms with Crippen LogP contribution >= 0.6 is 0 Å². The Morgan fingerprint density at radius 1 is 1.32 bits per heavy atom. The van der Waals surface area contributed by atoms with Gasteiger partial charge < -0.3 is 20.6 Å². The average molecular weight is 382 g/mol. The Bertz CT molecular complexity index is 1320. The number of hydrogen-bond donors (Lipinski definition) is 3. The first-order valence-corrected chi connectivity index (χ1v) is 8.09. The summed E-state index contributed by atoms with van der Waals surface area (Å²) in [6.45, 7) is 0.137. The Morgan fingerprint density at radius 3 is 2.86 bits per heavy atom. The number of hydrogen-bond acceptors (Lipinski definition) is 7. The number of nitrogens with one attached hydrogen (secondary N) is 1. The molecule has 0 bridgehead atoms. The van der Waals surface area contributed by atoms with Crippen LogP contribution in [0.3, 0.4) is 0 Å². The highest BCUT2D eigenvalue weighted by Gasteiger charge is 2.18. The maximum atomic E-state index is 12.5. The van der Waals surface area contributed by atoms with Crippen LogP contribution in [0.2, 0.25) is 0 Å². The van der Waals surface area contributed by atoms with E-state index in [-0.39, 0.29) is 29.3 Å². The van der Waals surface area contributed by atoms with Gasteiger partial charge >= 0.3 is 11.7 Å². The Hall–Kier alpha value is -4.15. The Morgan fingerprint density at radius 2 is 2.11 bits per heavy atom. The first-order valence-electron chi connectivity index (χ1n) is 8.09. The van der Waals surface area contributed by atoms with Crippen molar-refractivity contribution < 1.29 is 19.1 Å². The van der Waals surface area contributed by atoms with Gasteiger partial charge in [-0.25, -0.2) is 19.1 Å². The third-order valence-corrected chi connectivity index (χ3v) is 4.26. The molecule has 11 nitrogen and oxygen atoms in total. The van der Waals surface area contributed by atoms with Gasteiger partial charge in [0.05, 0.1) is 17.4 Å². The van der Waals surface area contributed by atoms with Gasteiger partial charge in [-0.15, -0.1) is 0 Å². The number of nitrogen functional groups attached to an aromatic ring is 1. The molecule has 11 heteroatoms. The zero-order chi connectivity index (χ0) is 20.0. The minimum atomic E-state index is -1.27. The summed E-state index contributed by atoms with van der Waals surface area (Å²) in [4.78, 5) is 39.6. The molecule has 0 atom stereocenters. The molecule has 0 fully saturated rings. The number of rotatable bonds is 4. The molecule has 0 spiro atoms. The summed E-state index contributed by atoms with van der Waals surface area (Å²) < 4.78 is 7.48. The molecule has 142 valence electrons. The zero-order valence-corrected chi connectivity index (χ0v) is 14.5. The minimum Gasteiger partial charge on any atom is -0.477 e. The predicted octanol–water partition coefficient (Wildman–Crippen LogP) is 0.385. The number of nitrogens with zero attached hydrogens (tertiary/aromatic N) is 4. The van der Waals surface area contributed by atoms with Crippen molar-refractivity contribution in [3.05, 3.63) is 58.0 Å². The molecule has 0 radical (unpaired) electrons. The number of benzene rings is 1. The third-order valence-electron chi connectivity index (χ3n) is 4.26. The molecule has 4 N–H and O–H groups in total. The van der Waals surface area contributed by atoms with E-state index in [2.05, 4.69) is 15.4 Å². The fourth-order valence-electron chi connectivity index (χ4n) is 2.80. The Labute approximate surface area is 156 Å². The summed E-state index contributed by atoms with van der Waals surface area (Å²) in [5.74, 6) is -2.32. The van der Waals surface area contributed by atoms with Crippen LogP contribution in [0.1, 0.15) is 26.5 Å². The maximum Gasteiger partial charge on any atom is 0.419 e. The summed E-state index contributed by atoms with van der Waals surface area (Å²) >= 11 is 0. The molecule has 28 heavy (non-hydrogen) atoms. The van der Waals surface area contributed by atoms with Gasteiger partial charge in [-0.2, -0.15) is 5.10 Å². The van der Waals surface area contributed by atoms with Gasteiger partial charge in [-0.3, -0.25) is 9.36 Å². The topological polar surface area (TPSA) is 158 Å². The quantitative estimate of drug-likeness (QED) is 0.457. The van der Waals surface area contributed by atoms with E-state index in [9.17, 15) is 19.5 Å². The van der Waals surface area contributed by atoms with Gasteiger partial charge in [0.2, 0.25) is 0 Å². The van der Waals surface area contributed by atoms with E-state index in [4.69, 9.17) is 10.2 Å². The van der Waals surface area contributed by atoms with Crippen molar-refractivity contribution in [3.8, 4) is 0 Å². The van der Waals surface area contributed by atoms with E-state index < -0.39 is 17.6 Å². The number of carbonyl (C=O) groups excluding carboxylic acids is 1. The molecular formula is C17H14N6O5. The van der Waals surface area contributed by atoms with Crippen LogP contribution in [0.15, 0.2) is 39.7 Å². The van der Waals surface area contributed by atoms with Crippen molar-refractivity contribution in [1.29, 1.82) is 0 Å². The van der Waals surface area contributed by atoms with Crippen LogP contribution in [0.4, 0.5) is 5.69 Å². The van der Waals surface area contributed by atoms with Crippen LogP contribution < -0.4 is 16.8 Å². The fraction of sp³-hybridized carbons (Fsp3) is 0.118. The van der Waals surface area contributed by atoms with E-state index in [0.717, 1.165) is 16.1 Å². The standard InChI is InChI=1S/C17H14N6O5/c1-22-11-4-8(2-3-13(11)28-17(22)27)6-19-15(24)10-5-12(16(25)26)23-14(21-10)9(18)7-20-23/h2-5,7H,6,18H2,1H3,(H,19,24)(H,25,26). The van der Waals surface area contributed by atoms with Gasteiger partial charge in [0.15, 0.2) is 16.9 Å². The number of amides is 1. The minimum absolute atomic E-state index is 0.0832. The van der Waals surface area contributed by atoms with Crippen LogP contribution in [0.5, 0.6) is 0 Å². The van der Waals surface area contributed by atoms with Crippen LogP contribution in [0, 0.1) is 0 Å². The number of nitrogens with two attached hydrogens (primary N) is 1. The Kier molecular flexibility index (Phi) is 3.84. The number of carboxylic acids is 1. The molecule has 0 aliphatic rings. The molecule has 1 aromatic carbocycles. The second kappa shape index (κ2) is 6.23. The van der Waals surface area contributed by atoms with Crippen molar-refractivity contribution in [2.24, 2.45) is 7.05 Å². The van der Waals surface area contributed by atoms with E-state index in [1.807, 2.05) is 0 Å². The molecule has 1 amide bonds. The molecular weight excluding hydrogens is 368 g/mol. The van der Waals surface area contributed by atoms with E-state index in [1.54, 1.807) is 25.2 Å². The van der Waals surface area contributed by atoms with Crippen molar-refractivity contribution in [3.63, 3.8) is 0 Å². The van der Waals surface area contributed by atoms with Crippen molar-refractivity contribution in [2.45, 2.75) is 6.54 Å². The highest BCUT2D eigenvalue weighted by Crippen LogP contribution is 2.16. The van der Waals surface area contributed by atoms with Gasteiger partial charge in [0.1, 0.15) is 5.69 Å². The summed E-state index contributed by atoms with van der Waals surface area (Å²) in [5, 5.41) is 15.9. The molecule has 0 aliphatic carbocycles. The lowest BCUT2D eigenvalue weighted by molar-refractivity contribution is 0.0687. The average Bonchev–Trinajstić information content (AvgIpc) is 3.19. The van der Waals surface area contributed by atoms with Crippen LogP contribution in [0.25, 0.3) is 16.7 Å². The summed E-state index contributed by atoms with van der Waals surface area (Å²) in [6.07, 6.45) is 1.26. The number of fused-ring (bicyclic) bond motifs is 2. The zero-order valence-electron chi connectivity index (χ0n) is 14.5. The second-order valence-electron chi connectivity index (χ2n) is 6.08. The van der Waals surface area contributed by atoms with Crippen molar-refractivity contribution in [1.82, 2.24) is 24.5 Å². The second-order valence-corrected chi connectivity index (χ2v) is 6.08. The largest absolute Gasteiger partial charge is 0.477 e. The van der Waals surface area contributed by atoms with E-state index in [1.165, 1.54) is 10.8 Å². The molecule has 0 saturated carbocycles. The first kappa shape index (κ1) is 17.3. The van der Waals surface area contributed by atoms with E-state index in [0.29, 0.717) is 11.1 Å². The molecule has 4 aromatic rings. The highest BCUT2D eigenvalue weighted by atomic mass is 16.4. The number of aromatic nitrogens is 4. The molecule has 0 saturated heterocycles. The SMILES string of the molecule is Cn1c(=O)oc2ccc(CNC(=O)c3cc(C(=O)O)n4ncc(N)c4n3)cc21. The number of carboxylic acid groups (broad SMARTS) is 1. The Balaban J connectivity index is 1.62. The molecule has 3 aromatic heterocycles. The summed E-state index contributed by atoms with van der Waals surface area (Å²) in [5.41, 5.74) is 7.40.